The monoisotopic (exact) mass is 301 g/mol. The Morgan fingerprint density at radius 2 is 1.73 bits per heavy atom. The number of rotatable bonds is 4. The minimum absolute atomic E-state index is 0.135. The van der Waals surface area contributed by atoms with Crippen LogP contribution in [-0.4, -0.2) is 35.5 Å². The summed E-state index contributed by atoms with van der Waals surface area (Å²) >= 11 is 0. The molecule has 1 aromatic carbocycles. The molecule has 3 rings (SSSR count). The van der Waals surface area contributed by atoms with Gasteiger partial charge >= 0.3 is 0 Å². The summed E-state index contributed by atoms with van der Waals surface area (Å²) in [5.74, 6) is 0.153. The van der Waals surface area contributed by atoms with Gasteiger partial charge in [0.2, 0.25) is 11.8 Å². The SMILES string of the molecule is O=C1N[C@@H](CC2C=CNC2)C(=O)NC1Cc1ccc(O)cc1. The van der Waals surface area contributed by atoms with E-state index in [2.05, 4.69) is 16.0 Å². The summed E-state index contributed by atoms with van der Waals surface area (Å²) in [4.78, 5) is 24.4. The van der Waals surface area contributed by atoms with Crippen molar-refractivity contribution in [2.75, 3.05) is 6.54 Å². The first-order chi connectivity index (χ1) is 10.6. The molecular formula is C16H19N3O3. The zero-order valence-electron chi connectivity index (χ0n) is 12.1. The number of carbonyl (C=O) groups is 2. The van der Waals surface area contributed by atoms with Crippen molar-refractivity contribution in [1.82, 2.24) is 16.0 Å². The van der Waals surface area contributed by atoms with E-state index in [1.807, 2.05) is 12.3 Å². The molecule has 1 saturated heterocycles. The van der Waals surface area contributed by atoms with Crippen LogP contribution in [0.25, 0.3) is 0 Å². The number of benzene rings is 1. The number of phenolic OH excluding ortho intramolecular Hbond substituents is 1. The first-order valence-electron chi connectivity index (χ1n) is 7.40. The zero-order valence-corrected chi connectivity index (χ0v) is 12.1. The number of piperazine rings is 1. The summed E-state index contributed by atoms with van der Waals surface area (Å²) in [6.45, 7) is 0.802. The Kier molecular flexibility index (Phi) is 4.00. The minimum Gasteiger partial charge on any atom is -0.508 e. The zero-order chi connectivity index (χ0) is 15.5. The van der Waals surface area contributed by atoms with Crippen LogP contribution in [0, 0.1) is 5.92 Å². The van der Waals surface area contributed by atoms with Crippen LogP contribution in [0.4, 0.5) is 0 Å². The third kappa shape index (κ3) is 3.21. The Hall–Kier alpha value is -2.50. The molecule has 116 valence electrons. The summed E-state index contributed by atoms with van der Waals surface area (Å²) < 4.78 is 0. The van der Waals surface area contributed by atoms with Gasteiger partial charge in [0.25, 0.3) is 0 Å². The van der Waals surface area contributed by atoms with Gasteiger partial charge < -0.3 is 21.1 Å². The molecule has 0 aromatic heterocycles. The second kappa shape index (κ2) is 6.09. The highest BCUT2D eigenvalue weighted by Crippen LogP contribution is 2.16. The average Bonchev–Trinajstić information content (AvgIpc) is 2.99. The van der Waals surface area contributed by atoms with Crippen molar-refractivity contribution in [3.8, 4) is 5.75 Å². The Morgan fingerprint density at radius 1 is 1.05 bits per heavy atom. The molecule has 1 fully saturated rings. The van der Waals surface area contributed by atoms with Crippen LogP contribution in [0.1, 0.15) is 12.0 Å². The molecule has 0 spiro atoms. The summed E-state index contributed by atoms with van der Waals surface area (Å²) in [5.41, 5.74) is 0.889. The van der Waals surface area contributed by atoms with E-state index >= 15 is 0 Å². The van der Waals surface area contributed by atoms with E-state index in [0.29, 0.717) is 12.8 Å². The van der Waals surface area contributed by atoms with E-state index in [-0.39, 0.29) is 23.5 Å². The van der Waals surface area contributed by atoms with Crippen molar-refractivity contribution in [1.29, 1.82) is 0 Å². The molecule has 0 radical (unpaired) electrons. The maximum absolute atomic E-state index is 12.2. The van der Waals surface area contributed by atoms with E-state index in [9.17, 15) is 14.7 Å². The van der Waals surface area contributed by atoms with Crippen molar-refractivity contribution in [2.24, 2.45) is 5.92 Å². The van der Waals surface area contributed by atoms with Crippen LogP contribution >= 0.6 is 0 Å². The second-order valence-electron chi connectivity index (χ2n) is 5.76. The van der Waals surface area contributed by atoms with Gasteiger partial charge in [-0.2, -0.15) is 0 Å². The molecule has 6 nitrogen and oxygen atoms in total. The molecule has 3 atom stereocenters. The lowest BCUT2D eigenvalue weighted by Crippen LogP contribution is -2.62. The number of phenols is 1. The quantitative estimate of drug-likeness (QED) is 0.632. The molecular weight excluding hydrogens is 282 g/mol. The molecule has 0 saturated carbocycles. The predicted molar refractivity (Wildman–Crippen MR) is 80.9 cm³/mol. The van der Waals surface area contributed by atoms with Crippen LogP contribution in [0.5, 0.6) is 5.75 Å². The summed E-state index contributed by atoms with van der Waals surface area (Å²) in [6.07, 6.45) is 4.91. The number of hydrogen-bond donors (Lipinski definition) is 4. The first kappa shape index (κ1) is 14.4. The third-order valence-corrected chi connectivity index (χ3v) is 4.05. The predicted octanol–water partition coefficient (Wildman–Crippen LogP) is 0.0411. The van der Waals surface area contributed by atoms with Crippen molar-refractivity contribution in [2.45, 2.75) is 24.9 Å². The van der Waals surface area contributed by atoms with E-state index in [1.165, 1.54) is 0 Å². The van der Waals surface area contributed by atoms with Crippen molar-refractivity contribution >= 4 is 11.8 Å². The van der Waals surface area contributed by atoms with E-state index in [4.69, 9.17) is 0 Å². The minimum atomic E-state index is -0.564. The molecule has 0 aliphatic carbocycles. The van der Waals surface area contributed by atoms with Gasteiger partial charge in [-0.1, -0.05) is 18.2 Å². The normalized spacial score (nSPS) is 27.2. The van der Waals surface area contributed by atoms with E-state index in [0.717, 1.165) is 12.1 Å². The lowest BCUT2D eigenvalue weighted by Gasteiger charge is -2.30. The Labute approximate surface area is 128 Å². The van der Waals surface area contributed by atoms with Gasteiger partial charge in [-0.3, -0.25) is 9.59 Å². The number of amides is 2. The molecule has 22 heavy (non-hydrogen) atoms. The van der Waals surface area contributed by atoms with Gasteiger partial charge in [-0.05, 0) is 36.2 Å². The number of hydrogen-bond acceptors (Lipinski definition) is 4. The highest BCUT2D eigenvalue weighted by molar-refractivity contribution is 5.97. The lowest BCUT2D eigenvalue weighted by molar-refractivity contribution is -0.137. The molecule has 1 aromatic rings. The molecule has 2 unspecified atom stereocenters. The topological polar surface area (TPSA) is 90.5 Å². The molecule has 2 amide bonds. The number of carbonyl (C=O) groups excluding carboxylic acids is 2. The fourth-order valence-corrected chi connectivity index (χ4v) is 2.81. The average molecular weight is 301 g/mol. The lowest BCUT2D eigenvalue weighted by atomic mass is 9.96. The highest BCUT2D eigenvalue weighted by atomic mass is 16.3. The van der Waals surface area contributed by atoms with Gasteiger partial charge in [0.05, 0.1) is 0 Å². The number of aromatic hydroxyl groups is 1. The molecule has 0 bridgehead atoms. The van der Waals surface area contributed by atoms with E-state index < -0.39 is 12.1 Å². The second-order valence-corrected chi connectivity index (χ2v) is 5.76. The van der Waals surface area contributed by atoms with E-state index in [1.54, 1.807) is 24.3 Å². The van der Waals surface area contributed by atoms with Crippen LogP contribution in [0.15, 0.2) is 36.5 Å². The smallest absolute Gasteiger partial charge is 0.243 e. The summed E-state index contributed by atoms with van der Waals surface area (Å²) in [7, 11) is 0. The van der Waals surface area contributed by atoms with Gasteiger partial charge in [-0.25, -0.2) is 0 Å². The Balaban J connectivity index is 1.60. The maximum Gasteiger partial charge on any atom is 0.243 e. The van der Waals surface area contributed by atoms with Crippen LogP contribution < -0.4 is 16.0 Å². The molecule has 2 aliphatic heterocycles. The third-order valence-electron chi connectivity index (χ3n) is 4.05. The van der Waals surface area contributed by atoms with Gasteiger partial charge in [0.15, 0.2) is 0 Å². The highest BCUT2D eigenvalue weighted by Gasteiger charge is 2.34. The van der Waals surface area contributed by atoms with Crippen molar-refractivity contribution < 1.29 is 14.7 Å². The fourth-order valence-electron chi connectivity index (χ4n) is 2.81. The van der Waals surface area contributed by atoms with Crippen molar-refractivity contribution in [3.63, 3.8) is 0 Å². The Morgan fingerprint density at radius 3 is 2.41 bits per heavy atom. The molecule has 4 N–H and O–H groups in total. The number of nitrogens with one attached hydrogen (secondary N) is 3. The largest absolute Gasteiger partial charge is 0.508 e. The summed E-state index contributed by atoms with van der Waals surface area (Å²) in [5, 5.41) is 18.0. The fraction of sp³-hybridized carbons (Fsp3) is 0.375. The summed E-state index contributed by atoms with van der Waals surface area (Å²) in [6, 6.07) is 5.59. The van der Waals surface area contributed by atoms with Crippen LogP contribution in [-0.2, 0) is 16.0 Å². The standard InChI is InChI=1S/C16H19N3O3/c20-12-3-1-10(2-4-12)7-13-15(21)19-14(16(22)18-13)8-11-5-6-17-9-11/h1-6,11,13-14,17,20H,7-9H2,(H,18,22)(H,19,21)/t11?,13?,14-/m0/s1. The van der Waals surface area contributed by atoms with Gasteiger partial charge in [0, 0.05) is 13.0 Å². The van der Waals surface area contributed by atoms with Crippen LogP contribution in [0.2, 0.25) is 0 Å². The van der Waals surface area contributed by atoms with Gasteiger partial charge in [0.1, 0.15) is 17.8 Å². The van der Waals surface area contributed by atoms with Gasteiger partial charge in [-0.15, -0.1) is 0 Å². The molecule has 2 heterocycles. The first-order valence-corrected chi connectivity index (χ1v) is 7.40. The molecule has 2 aliphatic rings. The molecule has 6 heteroatoms. The van der Waals surface area contributed by atoms with Crippen molar-refractivity contribution in [3.05, 3.63) is 42.1 Å². The van der Waals surface area contributed by atoms with Crippen LogP contribution in [0.3, 0.4) is 0 Å². The maximum atomic E-state index is 12.2. The Bertz CT molecular complexity index is 597.